The van der Waals surface area contributed by atoms with E-state index in [0.29, 0.717) is 29.3 Å². The number of amides is 1. The molecule has 4 aromatic rings. The molecule has 0 atom stereocenters. The van der Waals surface area contributed by atoms with Gasteiger partial charge in [-0.05, 0) is 61.0 Å². The van der Waals surface area contributed by atoms with Crippen LogP contribution >= 0.6 is 11.6 Å². The van der Waals surface area contributed by atoms with Gasteiger partial charge in [-0.3, -0.25) is 9.59 Å². The maximum Gasteiger partial charge on any atom is 0.254 e. The molecule has 0 saturated carbocycles. The number of hydrogen-bond acceptors (Lipinski definition) is 3. The number of nitrogens with one attached hydrogen (secondary N) is 1. The molecule has 0 radical (unpaired) electrons. The largest absolute Gasteiger partial charge is 0.494 e. The van der Waals surface area contributed by atoms with E-state index in [2.05, 4.69) is 4.98 Å². The smallest absolute Gasteiger partial charge is 0.254 e. The zero-order valence-corrected chi connectivity index (χ0v) is 18.4. The average molecular weight is 447 g/mol. The van der Waals surface area contributed by atoms with Crippen LogP contribution in [0.1, 0.15) is 28.4 Å². The van der Waals surface area contributed by atoms with E-state index in [0.717, 1.165) is 22.2 Å². The Labute approximate surface area is 191 Å². The van der Waals surface area contributed by atoms with E-state index >= 15 is 0 Å². The average Bonchev–Trinajstić information content (AvgIpc) is 2.80. The molecule has 0 spiro atoms. The first-order valence-electron chi connectivity index (χ1n) is 10.4. The van der Waals surface area contributed by atoms with E-state index in [1.807, 2.05) is 61.5 Å². The Bertz CT molecular complexity index is 1280. The van der Waals surface area contributed by atoms with Gasteiger partial charge in [0, 0.05) is 33.6 Å². The highest BCUT2D eigenvalue weighted by Crippen LogP contribution is 2.21. The van der Waals surface area contributed by atoms with Gasteiger partial charge in [-0.25, -0.2) is 0 Å². The van der Waals surface area contributed by atoms with Crippen LogP contribution in [0.2, 0.25) is 5.02 Å². The van der Waals surface area contributed by atoms with E-state index in [1.54, 1.807) is 29.2 Å². The number of ether oxygens (including phenoxy) is 1. The quantitative estimate of drug-likeness (QED) is 0.412. The molecule has 1 heterocycles. The molecule has 3 aromatic carbocycles. The fraction of sp³-hybridized carbons (Fsp3) is 0.154. The maximum absolute atomic E-state index is 13.3. The van der Waals surface area contributed by atoms with Gasteiger partial charge < -0.3 is 14.6 Å². The van der Waals surface area contributed by atoms with E-state index in [-0.39, 0.29) is 18.0 Å². The zero-order valence-electron chi connectivity index (χ0n) is 17.7. The van der Waals surface area contributed by atoms with Crippen molar-refractivity contribution in [1.82, 2.24) is 9.88 Å². The number of pyridine rings is 1. The molecule has 6 heteroatoms. The number of carbonyl (C=O) groups excluding carboxylic acids is 1. The summed E-state index contributed by atoms with van der Waals surface area (Å²) >= 11 is 5.99. The molecule has 0 aliphatic heterocycles. The minimum atomic E-state index is -0.219. The standard InChI is InChI=1S/C26H23ClN2O3/c1-2-32-23-12-13-24-20(15-23)14-21(25(30)28-24)17-29(16-18-6-4-3-5-7-18)26(31)19-8-10-22(27)11-9-19/h3-15H,2,16-17H2,1H3,(H,28,30). The highest BCUT2D eigenvalue weighted by Gasteiger charge is 2.18. The Morgan fingerprint density at radius 1 is 0.969 bits per heavy atom. The van der Waals surface area contributed by atoms with Crippen LogP contribution in [0.4, 0.5) is 0 Å². The lowest BCUT2D eigenvalue weighted by molar-refractivity contribution is 0.0729. The molecule has 0 fully saturated rings. The summed E-state index contributed by atoms with van der Waals surface area (Å²) in [6.45, 7) is 3.02. The van der Waals surface area contributed by atoms with E-state index in [4.69, 9.17) is 16.3 Å². The van der Waals surface area contributed by atoms with E-state index in [9.17, 15) is 9.59 Å². The third-order valence-corrected chi connectivity index (χ3v) is 5.41. The number of hydrogen-bond donors (Lipinski definition) is 1. The number of aromatic amines is 1. The maximum atomic E-state index is 13.3. The van der Waals surface area contributed by atoms with Crippen LogP contribution in [0.3, 0.4) is 0 Å². The fourth-order valence-corrected chi connectivity index (χ4v) is 3.71. The second kappa shape index (κ2) is 9.71. The Hall–Kier alpha value is -3.57. The lowest BCUT2D eigenvalue weighted by Gasteiger charge is -2.23. The molecule has 0 aliphatic carbocycles. The van der Waals surface area contributed by atoms with Gasteiger partial charge in [0.2, 0.25) is 0 Å². The van der Waals surface area contributed by atoms with Crippen molar-refractivity contribution in [2.45, 2.75) is 20.0 Å². The third kappa shape index (κ3) is 5.01. The molecule has 0 saturated heterocycles. The predicted octanol–water partition coefficient (Wildman–Crippen LogP) is 5.42. The van der Waals surface area contributed by atoms with Crippen molar-refractivity contribution in [3.63, 3.8) is 0 Å². The summed E-state index contributed by atoms with van der Waals surface area (Å²) < 4.78 is 5.58. The summed E-state index contributed by atoms with van der Waals surface area (Å²) in [7, 11) is 0. The number of rotatable bonds is 7. The van der Waals surface area contributed by atoms with Gasteiger partial charge in [-0.1, -0.05) is 41.9 Å². The fourth-order valence-electron chi connectivity index (χ4n) is 3.59. The van der Waals surface area contributed by atoms with Gasteiger partial charge in [0.25, 0.3) is 11.5 Å². The minimum Gasteiger partial charge on any atom is -0.494 e. The summed E-state index contributed by atoms with van der Waals surface area (Å²) in [6.07, 6.45) is 0. The molecular weight excluding hydrogens is 424 g/mol. The second-order valence-corrected chi connectivity index (χ2v) is 7.90. The van der Waals surface area contributed by atoms with Crippen molar-refractivity contribution in [1.29, 1.82) is 0 Å². The highest BCUT2D eigenvalue weighted by atomic mass is 35.5. The number of H-pyrrole nitrogens is 1. The number of aromatic nitrogens is 1. The summed E-state index contributed by atoms with van der Waals surface area (Å²) in [4.78, 5) is 30.7. The molecule has 162 valence electrons. The summed E-state index contributed by atoms with van der Waals surface area (Å²) in [5, 5.41) is 1.41. The van der Waals surface area contributed by atoms with Crippen molar-refractivity contribution < 1.29 is 9.53 Å². The van der Waals surface area contributed by atoms with Crippen molar-refractivity contribution in [2.24, 2.45) is 0 Å². The molecule has 0 unspecified atom stereocenters. The van der Waals surface area contributed by atoms with Crippen LogP contribution < -0.4 is 10.3 Å². The number of nitrogens with zero attached hydrogens (tertiary/aromatic N) is 1. The molecule has 0 bridgehead atoms. The van der Waals surface area contributed by atoms with Gasteiger partial charge in [0.15, 0.2) is 0 Å². The number of halogens is 1. The summed E-state index contributed by atoms with van der Waals surface area (Å²) in [5.41, 5.74) is 2.50. The molecule has 1 aromatic heterocycles. The Morgan fingerprint density at radius 3 is 2.44 bits per heavy atom. The van der Waals surface area contributed by atoms with Crippen molar-refractivity contribution in [2.75, 3.05) is 6.61 Å². The molecular formula is C26H23ClN2O3. The molecule has 5 nitrogen and oxygen atoms in total. The van der Waals surface area contributed by atoms with Crippen LogP contribution in [0.25, 0.3) is 10.9 Å². The van der Waals surface area contributed by atoms with Crippen LogP contribution in [0, 0.1) is 0 Å². The molecule has 1 amide bonds. The SMILES string of the molecule is CCOc1ccc2[nH]c(=O)c(CN(Cc3ccccc3)C(=O)c3ccc(Cl)cc3)cc2c1. The van der Waals surface area contributed by atoms with E-state index < -0.39 is 0 Å². The third-order valence-electron chi connectivity index (χ3n) is 5.16. The lowest BCUT2D eigenvalue weighted by Crippen LogP contribution is -2.32. The van der Waals surface area contributed by atoms with E-state index in [1.165, 1.54) is 0 Å². The van der Waals surface area contributed by atoms with Crippen LogP contribution in [0.15, 0.2) is 83.7 Å². The lowest BCUT2D eigenvalue weighted by atomic mass is 10.1. The zero-order chi connectivity index (χ0) is 22.5. The van der Waals surface area contributed by atoms with Crippen molar-refractivity contribution >= 4 is 28.4 Å². The van der Waals surface area contributed by atoms with Crippen LogP contribution in [-0.4, -0.2) is 22.4 Å². The normalized spacial score (nSPS) is 10.8. The van der Waals surface area contributed by atoms with Gasteiger partial charge in [0.1, 0.15) is 5.75 Å². The first-order chi connectivity index (χ1) is 15.5. The predicted molar refractivity (Wildman–Crippen MR) is 127 cm³/mol. The Balaban J connectivity index is 1.70. The highest BCUT2D eigenvalue weighted by molar-refractivity contribution is 6.30. The minimum absolute atomic E-state index is 0.167. The summed E-state index contributed by atoms with van der Waals surface area (Å²) in [5.74, 6) is 0.560. The van der Waals surface area contributed by atoms with Crippen molar-refractivity contribution in [3.8, 4) is 5.75 Å². The van der Waals surface area contributed by atoms with Crippen LogP contribution in [-0.2, 0) is 13.1 Å². The van der Waals surface area contributed by atoms with Crippen molar-refractivity contribution in [3.05, 3.63) is 111 Å². The Kier molecular flexibility index (Phi) is 6.57. The summed E-state index contributed by atoms with van der Waals surface area (Å²) in [6, 6.07) is 23.8. The Morgan fingerprint density at radius 2 is 1.72 bits per heavy atom. The topological polar surface area (TPSA) is 62.4 Å². The molecule has 4 rings (SSSR count). The molecule has 1 N–H and O–H groups in total. The van der Waals surface area contributed by atoms with Gasteiger partial charge in [-0.2, -0.15) is 0 Å². The second-order valence-electron chi connectivity index (χ2n) is 7.46. The first-order valence-corrected chi connectivity index (χ1v) is 10.8. The monoisotopic (exact) mass is 446 g/mol. The van der Waals surface area contributed by atoms with Gasteiger partial charge in [-0.15, -0.1) is 0 Å². The first kappa shape index (κ1) is 21.7. The number of carbonyl (C=O) groups is 1. The van der Waals surface area contributed by atoms with Crippen LogP contribution in [0.5, 0.6) is 5.75 Å². The van der Waals surface area contributed by atoms with Gasteiger partial charge >= 0.3 is 0 Å². The number of benzene rings is 3. The van der Waals surface area contributed by atoms with Gasteiger partial charge in [0.05, 0.1) is 13.2 Å². The molecule has 0 aliphatic rings. The molecule has 32 heavy (non-hydrogen) atoms. The number of fused-ring (bicyclic) bond motifs is 1.